The molecule has 45 heteroatoms. The van der Waals surface area contributed by atoms with Crippen LogP contribution in [-0.4, -0.2) is 274 Å². The molecule has 0 aliphatic carbocycles. The molecule has 2 saturated heterocycles. The Balaban J connectivity index is 1.41. The number of carbonyl (C=O) groups excluding carboxylic acids is 14. The van der Waals surface area contributed by atoms with Crippen LogP contribution in [0, 0.1) is 5.41 Å². The summed E-state index contributed by atoms with van der Waals surface area (Å²) in [6.07, 6.45) is -3.89. The van der Waals surface area contributed by atoms with E-state index in [0.717, 1.165) is 45.4 Å². The summed E-state index contributed by atoms with van der Waals surface area (Å²) in [6, 6.07) is -9.76. The molecule has 43 nitrogen and oxygen atoms in total. The van der Waals surface area contributed by atoms with Crippen LogP contribution in [-0.2, 0) is 97.7 Å². The number of para-hydroxylation sites is 1. The Morgan fingerprint density at radius 1 is 0.684 bits per heavy atom. The number of fused-ring (bicyclic) bond motifs is 12. The number of aromatic amines is 1. The molecule has 4 aromatic rings. The van der Waals surface area contributed by atoms with E-state index in [2.05, 4.69) is 79.1 Å². The van der Waals surface area contributed by atoms with Crippen molar-refractivity contribution < 1.29 is 97.1 Å². The van der Waals surface area contributed by atoms with Crippen LogP contribution < -0.4 is 86.7 Å². The molecule has 114 heavy (non-hydrogen) atoms. The van der Waals surface area contributed by atoms with E-state index in [4.69, 9.17) is 28.3 Å². The molecular formula is C69H97N23O20S2. The number of hydrogen-bond donors (Lipinski definition) is 22. The van der Waals surface area contributed by atoms with Gasteiger partial charge in [-0.15, -0.1) is 5.10 Å². The molecule has 0 radical (unpaired) electrons. The highest BCUT2D eigenvalue weighted by Crippen LogP contribution is 2.26. The van der Waals surface area contributed by atoms with Crippen LogP contribution in [0.5, 0.6) is 5.75 Å². The number of phenols is 1. The van der Waals surface area contributed by atoms with E-state index in [1.54, 1.807) is 30.5 Å². The third-order valence-corrected chi connectivity index (χ3v) is 21.2. The van der Waals surface area contributed by atoms with Gasteiger partial charge in [0.15, 0.2) is 5.96 Å². The number of primary amides is 2. The number of H-pyrrole nitrogens is 1. The summed E-state index contributed by atoms with van der Waals surface area (Å²) in [5.41, 5.74) is 23.6. The number of hydrogen-bond acceptors (Lipinski definition) is 24. The lowest BCUT2D eigenvalue weighted by Gasteiger charge is -2.31. The Morgan fingerprint density at radius 2 is 1.28 bits per heavy atom. The summed E-state index contributed by atoms with van der Waals surface area (Å²) in [5.74, 6) is -18.9. The molecule has 2 aromatic carbocycles. The van der Waals surface area contributed by atoms with Crippen molar-refractivity contribution in [2.45, 2.75) is 182 Å². The first kappa shape index (κ1) is 89.3. The van der Waals surface area contributed by atoms with Crippen LogP contribution in [0.15, 0.2) is 60.9 Å². The fourth-order valence-electron chi connectivity index (χ4n) is 12.7. The fourth-order valence-corrected chi connectivity index (χ4v) is 15.1. The number of carboxylic acids is 2. The topological polar surface area (TPSA) is 679 Å². The number of rotatable bonds is 23. The number of aliphatic hydroxyl groups excluding tert-OH is 1. The number of amides is 15. The normalized spacial score (nSPS) is 23.7. The maximum atomic E-state index is 15.3. The second-order valence-corrected chi connectivity index (χ2v) is 29.9. The van der Waals surface area contributed by atoms with Gasteiger partial charge in [-0.1, -0.05) is 57.1 Å². The zero-order valence-corrected chi connectivity index (χ0v) is 63.9. The van der Waals surface area contributed by atoms with E-state index >= 15 is 24.0 Å². The summed E-state index contributed by atoms with van der Waals surface area (Å²) in [5, 5.41) is 88.8. The van der Waals surface area contributed by atoms with Gasteiger partial charge in [0.05, 0.1) is 24.8 Å². The van der Waals surface area contributed by atoms with Crippen LogP contribution in [0.4, 0.5) is 4.79 Å². The lowest BCUT2D eigenvalue weighted by atomic mass is 10.0. The van der Waals surface area contributed by atoms with Crippen molar-refractivity contribution >= 4 is 133 Å². The molecule has 2 unspecified atom stereocenters. The highest BCUT2D eigenvalue weighted by atomic mass is 33.1. The summed E-state index contributed by atoms with van der Waals surface area (Å²) >= 11 is 0. The van der Waals surface area contributed by atoms with Crippen LogP contribution >= 0.6 is 21.6 Å². The highest BCUT2D eigenvalue weighted by Gasteiger charge is 2.43. The minimum atomic E-state index is -2.06. The largest absolute Gasteiger partial charge is 0.508 e. The third kappa shape index (κ3) is 26.9. The number of urea groups is 1. The Hall–Kier alpha value is -11.9. The first-order valence-corrected chi connectivity index (χ1v) is 39.0. The van der Waals surface area contributed by atoms with Gasteiger partial charge in [-0.05, 0) is 94.0 Å². The Labute approximate surface area is 659 Å². The zero-order valence-electron chi connectivity index (χ0n) is 62.3. The van der Waals surface area contributed by atoms with Gasteiger partial charge in [0, 0.05) is 93.7 Å². The van der Waals surface area contributed by atoms with Gasteiger partial charge in [-0.2, -0.15) is 0 Å². The molecule has 620 valence electrons. The number of aliphatic carboxylic acids is 2. The lowest BCUT2D eigenvalue weighted by molar-refractivity contribution is -0.150. The average Bonchev–Trinajstić information content (AvgIpc) is 1.78. The number of guanidine groups is 1. The van der Waals surface area contributed by atoms with Gasteiger partial charge in [-0.25, -0.2) is 9.59 Å². The van der Waals surface area contributed by atoms with E-state index in [-0.39, 0.29) is 102 Å². The van der Waals surface area contributed by atoms with E-state index in [9.17, 15) is 73.2 Å². The monoisotopic (exact) mass is 1630 g/mol. The van der Waals surface area contributed by atoms with E-state index in [1.807, 2.05) is 0 Å². The second kappa shape index (κ2) is 43.2. The molecule has 13 atom stereocenters. The van der Waals surface area contributed by atoms with Crippen molar-refractivity contribution in [1.82, 2.24) is 93.6 Å². The molecule has 4 bridgehead atoms. The Bertz CT molecular complexity index is 4170. The van der Waals surface area contributed by atoms with E-state index < -0.39 is 223 Å². The van der Waals surface area contributed by atoms with Crippen molar-refractivity contribution in [3.63, 3.8) is 0 Å². The number of nitrogens with zero attached hydrogens (tertiary/aromatic N) is 5. The molecule has 3 aliphatic heterocycles. The SMILES string of the molecule is C[C@@H](O)[C@@H]1NC(=O)[C@@H]2Cc3cn(nn3)CCC[C@H](C(=O)N(C)[C@H](Cc3ccc(O)cc3)C(=O)O)NC(=O)[C@H](CCC(N)=O)NC(=O)[C@H](Cc3c[nH]c4ccccc34)NC(=O)[C@H](CCCNC(N)=O)NC(=O)C(CSSC[C@H](NC(=O)CN)C(=O)N2)NC(=O)[C@H](CCCNC(=N)N)NC(=O)C2CCCN2C(=O)[C@H](CC(=O)O)NC1=O. The van der Waals surface area contributed by atoms with Crippen molar-refractivity contribution in [3.05, 3.63) is 77.7 Å². The predicted molar refractivity (Wildman–Crippen MR) is 407 cm³/mol. The molecule has 7 rings (SSSR count). The van der Waals surface area contributed by atoms with Crippen LogP contribution in [0.25, 0.3) is 10.9 Å². The number of likely N-dealkylation sites (N-methyl/N-ethyl adjacent to an activating group) is 1. The Kier molecular flexibility index (Phi) is 33.9. The maximum Gasteiger partial charge on any atom is 0.326 e. The van der Waals surface area contributed by atoms with Gasteiger partial charge >= 0.3 is 18.0 Å². The maximum absolute atomic E-state index is 15.3. The minimum Gasteiger partial charge on any atom is -0.508 e. The summed E-state index contributed by atoms with van der Waals surface area (Å²) in [6.45, 7) is -0.310. The van der Waals surface area contributed by atoms with Gasteiger partial charge in [0.2, 0.25) is 76.8 Å². The standard InChI is InChI=1S/C69H97N23O20S2/c1-34(93)55-64(107)85-47(28-54(97)98)66(109)92-24-8-14-50(92)63(106)81-42(11-5-21-75-68(72)73)57(100)86-49-33-114-113-32-48(78-53(96)29-70)61(104)84-46(60(103)87-55)27-37-31-91(89-88-37)23-7-13-44(65(108)90(2)51(67(110)111)25-35-15-17-38(94)18-16-35)82-58(101)43(19-20-52(71)95)80-59(102)45(26-36-30-77-40-10-4-3-9-39(36)40)83-56(99)41(79-62(49)105)12-6-22-76-69(74)112/h3-4,9-10,15-18,30-31,34,41-51,55,77,93-94H,5-8,11-14,19-29,32-33,70H2,1-2H3,(H2,71,95)(H,78,96)(H,79,105)(H,80,102)(H,81,106)(H,82,101)(H,83,99)(H,84,104)(H,85,107)(H,86,100)(H,87,103)(H,97,98)(H,110,111)(H4,72,73,75)(H3,74,76,112)/t34-,41+,42+,43+,44-,45+,46+,47+,48+,49?,50?,51-,55+/m1/s1. The molecule has 0 spiro atoms. The first-order valence-electron chi connectivity index (χ1n) is 36.5. The number of phenolic OH excluding ortho intramolecular Hbond substituents is 1. The van der Waals surface area contributed by atoms with Crippen LogP contribution in [0.3, 0.4) is 0 Å². The number of aryl methyl sites for hydroxylation is 1. The number of aromatic hydroxyl groups is 1. The number of nitrogens with two attached hydrogens (primary N) is 4. The fraction of sp³-hybridized carbons (Fsp3) is 0.522. The summed E-state index contributed by atoms with van der Waals surface area (Å²) < 4.78 is 1.21. The molecular weight excluding hydrogens is 1540 g/mol. The van der Waals surface area contributed by atoms with Crippen molar-refractivity contribution in [2.24, 2.45) is 22.9 Å². The quantitative estimate of drug-likeness (QED) is 0.0142. The van der Waals surface area contributed by atoms with Crippen molar-refractivity contribution in [2.75, 3.05) is 44.7 Å². The number of carbonyl (C=O) groups is 16. The molecule has 3 aliphatic rings. The zero-order chi connectivity index (χ0) is 83.5. The minimum absolute atomic E-state index is 0.0263. The second-order valence-electron chi connectivity index (χ2n) is 27.4. The molecule has 0 saturated carbocycles. The molecule has 2 aromatic heterocycles. The smallest absolute Gasteiger partial charge is 0.326 e. The van der Waals surface area contributed by atoms with Crippen LogP contribution in [0.1, 0.15) is 94.4 Å². The number of nitrogens with one attached hydrogen (secondary N) is 14. The number of carboxylic acid groups (broad SMARTS) is 2. The number of aliphatic hydroxyl groups is 1. The Morgan fingerprint density at radius 3 is 1.94 bits per heavy atom. The number of aromatic nitrogens is 4. The highest BCUT2D eigenvalue weighted by molar-refractivity contribution is 8.76. The van der Waals surface area contributed by atoms with Crippen molar-refractivity contribution in [3.8, 4) is 5.75 Å². The van der Waals surface area contributed by atoms with Gasteiger partial charge in [0.1, 0.15) is 78.3 Å². The molecule has 26 N–H and O–H groups in total. The molecule has 2 fully saturated rings. The van der Waals surface area contributed by atoms with Gasteiger partial charge in [0.25, 0.3) is 0 Å². The van der Waals surface area contributed by atoms with Gasteiger partial charge < -0.3 is 122 Å². The molecule has 15 amide bonds. The summed E-state index contributed by atoms with van der Waals surface area (Å²) in [7, 11) is 2.78. The van der Waals surface area contributed by atoms with Gasteiger partial charge in [-0.3, -0.25) is 77.2 Å². The first-order chi connectivity index (χ1) is 54.2. The van der Waals surface area contributed by atoms with E-state index in [1.165, 1.54) is 35.1 Å². The van der Waals surface area contributed by atoms with Crippen LogP contribution in [0.2, 0.25) is 0 Å². The van der Waals surface area contributed by atoms with E-state index in [0.29, 0.717) is 22.0 Å². The predicted octanol–water partition coefficient (Wildman–Crippen LogP) is -6.78. The third-order valence-electron chi connectivity index (χ3n) is 18.8. The molecule has 5 heterocycles. The van der Waals surface area contributed by atoms with Crippen molar-refractivity contribution in [1.29, 1.82) is 5.41 Å². The lowest BCUT2D eigenvalue weighted by Crippen LogP contribution is -2.62. The summed E-state index contributed by atoms with van der Waals surface area (Å²) in [4.78, 5) is 233. The number of benzene rings is 2. The average molecular weight is 1630 g/mol.